The first-order valence-electron chi connectivity index (χ1n) is 8.92. The fraction of sp³-hybridized carbons (Fsp3) is 0.182. The second-order valence-corrected chi connectivity index (χ2v) is 7.67. The van der Waals surface area contributed by atoms with E-state index in [1.54, 1.807) is 6.08 Å². The molecule has 5 heteroatoms. The Kier molecular flexibility index (Phi) is 4.86. The van der Waals surface area contributed by atoms with Gasteiger partial charge in [0.25, 0.3) is 0 Å². The first kappa shape index (κ1) is 17.6. The van der Waals surface area contributed by atoms with Gasteiger partial charge in [0.15, 0.2) is 0 Å². The molecule has 3 aromatic rings. The maximum Gasteiger partial charge on any atom is 0.249 e. The Morgan fingerprint density at radius 3 is 2.70 bits per heavy atom. The molecule has 1 aliphatic rings. The van der Waals surface area contributed by atoms with Crippen LogP contribution in [0, 0.1) is 13.8 Å². The number of carbonyl (C=O) groups is 1. The number of anilines is 1. The quantitative estimate of drug-likeness (QED) is 0.661. The third-order valence-electron chi connectivity index (χ3n) is 4.76. The maximum absolute atomic E-state index is 12.5. The van der Waals surface area contributed by atoms with Gasteiger partial charge in [-0.15, -0.1) is 0 Å². The first-order chi connectivity index (χ1) is 13.1. The molecule has 0 saturated heterocycles. The van der Waals surface area contributed by atoms with E-state index < -0.39 is 0 Å². The van der Waals surface area contributed by atoms with Gasteiger partial charge >= 0.3 is 0 Å². The van der Waals surface area contributed by atoms with Crippen LogP contribution >= 0.6 is 11.8 Å². The van der Waals surface area contributed by atoms with Gasteiger partial charge in [-0.3, -0.25) is 4.79 Å². The predicted octanol–water partition coefficient (Wildman–Crippen LogP) is 4.89. The number of aromatic nitrogens is 2. The number of carbonyl (C=O) groups excluding carboxylic acids is 1. The zero-order valence-corrected chi connectivity index (χ0v) is 16.2. The molecule has 0 bridgehead atoms. The second kappa shape index (κ2) is 7.45. The molecule has 1 aliphatic heterocycles. The van der Waals surface area contributed by atoms with Crippen LogP contribution in [0.4, 0.5) is 5.82 Å². The largest absolute Gasteiger partial charge is 0.307 e. The molecule has 27 heavy (non-hydrogen) atoms. The van der Waals surface area contributed by atoms with E-state index in [0.717, 1.165) is 39.8 Å². The zero-order chi connectivity index (χ0) is 18.8. The lowest BCUT2D eigenvalue weighted by Crippen LogP contribution is -2.13. The van der Waals surface area contributed by atoms with E-state index in [0.29, 0.717) is 0 Å². The molecule has 0 aliphatic carbocycles. The summed E-state index contributed by atoms with van der Waals surface area (Å²) < 4.78 is 1.87. The van der Waals surface area contributed by atoms with E-state index in [1.807, 2.05) is 58.9 Å². The Labute approximate surface area is 163 Å². The van der Waals surface area contributed by atoms with Crippen LogP contribution in [-0.2, 0) is 16.3 Å². The van der Waals surface area contributed by atoms with E-state index >= 15 is 0 Å². The third kappa shape index (κ3) is 3.69. The van der Waals surface area contributed by atoms with Crippen molar-refractivity contribution < 1.29 is 4.79 Å². The van der Waals surface area contributed by atoms with Crippen LogP contribution in [-0.4, -0.2) is 15.7 Å². The average Bonchev–Trinajstić information content (AvgIpc) is 3.26. The molecule has 4 nitrogen and oxygen atoms in total. The van der Waals surface area contributed by atoms with E-state index in [-0.39, 0.29) is 5.91 Å². The van der Waals surface area contributed by atoms with Gasteiger partial charge in [0, 0.05) is 23.1 Å². The normalized spacial score (nSPS) is 13.1. The third-order valence-corrected chi connectivity index (χ3v) is 5.73. The van der Waals surface area contributed by atoms with E-state index in [4.69, 9.17) is 5.10 Å². The number of fused-ring (bicyclic) bond motifs is 1. The van der Waals surface area contributed by atoms with Crippen LogP contribution in [0.25, 0.3) is 11.8 Å². The molecule has 2 aromatic carbocycles. The Hall–Kier alpha value is -2.79. The van der Waals surface area contributed by atoms with Gasteiger partial charge in [-0.25, -0.2) is 4.68 Å². The number of nitrogens with zero attached hydrogens (tertiary/aromatic N) is 2. The van der Waals surface area contributed by atoms with Crippen molar-refractivity contribution in [3.8, 4) is 5.69 Å². The van der Waals surface area contributed by atoms with Crippen molar-refractivity contribution in [2.24, 2.45) is 0 Å². The van der Waals surface area contributed by atoms with Crippen molar-refractivity contribution in [3.63, 3.8) is 0 Å². The van der Waals surface area contributed by atoms with E-state index in [2.05, 4.69) is 31.3 Å². The summed E-state index contributed by atoms with van der Waals surface area (Å²) in [6.45, 7) is 4.18. The lowest BCUT2D eigenvalue weighted by Gasteiger charge is -2.11. The van der Waals surface area contributed by atoms with Crippen molar-refractivity contribution in [2.45, 2.75) is 25.4 Å². The summed E-state index contributed by atoms with van der Waals surface area (Å²) in [4.78, 5) is 12.5. The summed E-state index contributed by atoms with van der Waals surface area (Å²) in [5.74, 6) is 2.39. The molecule has 136 valence electrons. The molecule has 1 amide bonds. The predicted molar refractivity (Wildman–Crippen MR) is 112 cm³/mol. The van der Waals surface area contributed by atoms with Crippen LogP contribution in [0.15, 0.2) is 54.6 Å². The number of aryl methyl sites for hydroxylation is 2. The highest BCUT2D eigenvalue weighted by atomic mass is 32.2. The summed E-state index contributed by atoms with van der Waals surface area (Å²) in [6, 6.07) is 16.1. The van der Waals surface area contributed by atoms with Crippen molar-refractivity contribution in [1.29, 1.82) is 0 Å². The highest BCUT2D eigenvalue weighted by Gasteiger charge is 2.24. The maximum atomic E-state index is 12.5. The molecule has 0 atom stereocenters. The average molecular weight is 375 g/mol. The lowest BCUT2D eigenvalue weighted by molar-refractivity contribution is -0.111. The minimum atomic E-state index is -0.150. The van der Waals surface area contributed by atoms with Gasteiger partial charge < -0.3 is 5.32 Å². The van der Waals surface area contributed by atoms with Crippen molar-refractivity contribution in [2.75, 3.05) is 5.32 Å². The summed E-state index contributed by atoms with van der Waals surface area (Å²) in [7, 11) is 0. The fourth-order valence-corrected chi connectivity index (χ4v) is 4.11. The number of hydrogen-bond acceptors (Lipinski definition) is 3. The zero-order valence-electron chi connectivity index (χ0n) is 15.4. The van der Waals surface area contributed by atoms with Gasteiger partial charge in [-0.05, 0) is 48.7 Å². The van der Waals surface area contributed by atoms with Crippen molar-refractivity contribution in [3.05, 3.63) is 82.6 Å². The summed E-state index contributed by atoms with van der Waals surface area (Å²) in [5.41, 5.74) is 6.60. The topological polar surface area (TPSA) is 46.9 Å². The number of benzene rings is 2. The van der Waals surface area contributed by atoms with Gasteiger partial charge in [-0.1, -0.05) is 36.4 Å². The molecule has 0 fully saturated rings. The number of rotatable bonds is 4. The number of amides is 1. The van der Waals surface area contributed by atoms with Gasteiger partial charge in [0.1, 0.15) is 5.82 Å². The van der Waals surface area contributed by atoms with Gasteiger partial charge in [0.2, 0.25) is 5.91 Å². The second-order valence-electron chi connectivity index (χ2n) is 6.68. The highest BCUT2D eigenvalue weighted by molar-refractivity contribution is 7.98. The first-order valence-corrected chi connectivity index (χ1v) is 10.1. The molecule has 1 aromatic heterocycles. The summed E-state index contributed by atoms with van der Waals surface area (Å²) >= 11 is 1.83. The molecular formula is C22H21N3OS. The molecule has 1 N–H and O–H groups in total. The standard InChI is InChI=1S/C22H21N3OS/c1-15-8-10-18(12-16(15)2)25-22(19-13-27-14-20(19)24-25)23-21(26)11-9-17-6-4-3-5-7-17/h3-12H,13-14H2,1-2H3,(H,23,26). The van der Waals surface area contributed by atoms with Crippen LogP contribution in [0.1, 0.15) is 27.9 Å². The SMILES string of the molecule is Cc1ccc(-n2nc3c(c2NC(=O)C=Cc2ccccc2)CSC3)cc1C. The number of hydrogen-bond donors (Lipinski definition) is 1. The molecular weight excluding hydrogens is 354 g/mol. The van der Waals surface area contributed by atoms with Gasteiger partial charge in [0.05, 0.1) is 11.4 Å². The van der Waals surface area contributed by atoms with Crippen molar-refractivity contribution >= 4 is 29.6 Å². The van der Waals surface area contributed by atoms with Crippen LogP contribution in [0.5, 0.6) is 0 Å². The van der Waals surface area contributed by atoms with Crippen molar-refractivity contribution in [1.82, 2.24) is 9.78 Å². The Morgan fingerprint density at radius 2 is 1.93 bits per heavy atom. The summed E-state index contributed by atoms with van der Waals surface area (Å²) in [6.07, 6.45) is 3.39. The van der Waals surface area contributed by atoms with Crippen LogP contribution < -0.4 is 5.32 Å². The molecule has 4 rings (SSSR count). The Morgan fingerprint density at radius 1 is 1.11 bits per heavy atom. The number of nitrogens with one attached hydrogen (secondary N) is 1. The van der Waals surface area contributed by atoms with E-state index in [1.165, 1.54) is 11.1 Å². The van der Waals surface area contributed by atoms with Gasteiger partial charge in [-0.2, -0.15) is 16.9 Å². The fourth-order valence-electron chi connectivity index (χ4n) is 3.08. The molecule has 0 spiro atoms. The Bertz CT molecular complexity index is 1020. The van der Waals surface area contributed by atoms with E-state index in [9.17, 15) is 4.79 Å². The molecule has 0 unspecified atom stereocenters. The minimum Gasteiger partial charge on any atom is -0.307 e. The minimum absolute atomic E-state index is 0.150. The molecule has 0 radical (unpaired) electrons. The smallest absolute Gasteiger partial charge is 0.249 e. The van der Waals surface area contributed by atoms with Crippen LogP contribution in [0.2, 0.25) is 0 Å². The summed E-state index contributed by atoms with van der Waals surface area (Å²) in [5, 5.41) is 7.82. The number of thioether (sulfide) groups is 1. The molecule has 2 heterocycles. The highest BCUT2D eigenvalue weighted by Crippen LogP contribution is 2.36. The van der Waals surface area contributed by atoms with Crippen LogP contribution in [0.3, 0.4) is 0 Å². The molecule has 0 saturated carbocycles. The lowest BCUT2D eigenvalue weighted by atomic mass is 10.1. The Balaban J connectivity index is 1.64. The monoisotopic (exact) mass is 375 g/mol.